The van der Waals surface area contributed by atoms with E-state index in [1.54, 1.807) is 30.1 Å². The fourth-order valence-electron chi connectivity index (χ4n) is 1.24. The second-order valence-corrected chi connectivity index (χ2v) is 4.65. The fourth-order valence-corrected chi connectivity index (χ4v) is 1.75. The van der Waals surface area contributed by atoms with E-state index in [0.29, 0.717) is 11.0 Å². The lowest BCUT2D eigenvalue weighted by atomic mass is 10.2. The zero-order valence-corrected chi connectivity index (χ0v) is 11.2. The molecule has 0 unspecified atom stereocenters. The van der Waals surface area contributed by atoms with E-state index < -0.39 is 0 Å². The van der Waals surface area contributed by atoms with Gasteiger partial charge in [0.15, 0.2) is 11.0 Å². The van der Waals surface area contributed by atoms with Crippen molar-refractivity contribution in [3.8, 4) is 0 Å². The molecule has 4 nitrogen and oxygen atoms in total. The number of nitrogens with zero attached hydrogens (tertiary/aromatic N) is 3. The number of hydrogen-bond acceptors (Lipinski definition) is 5. The van der Waals surface area contributed by atoms with Gasteiger partial charge >= 0.3 is 0 Å². The van der Waals surface area contributed by atoms with Gasteiger partial charge in [0.1, 0.15) is 0 Å². The second kappa shape index (κ2) is 6.37. The molecule has 0 fully saturated rings. The molecule has 0 spiro atoms. The first-order valence-electron chi connectivity index (χ1n) is 5.20. The van der Waals surface area contributed by atoms with Crippen LogP contribution >= 0.6 is 23.4 Å². The van der Waals surface area contributed by atoms with Gasteiger partial charge in [0, 0.05) is 4.90 Å². The number of benzene rings is 1. The van der Waals surface area contributed by atoms with Gasteiger partial charge in [0.2, 0.25) is 0 Å². The van der Waals surface area contributed by atoms with Crippen LogP contribution in [0.3, 0.4) is 0 Å². The van der Waals surface area contributed by atoms with Crippen molar-refractivity contribution < 1.29 is 0 Å². The number of thioether (sulfide) groups is 1. The van der Waals surface area contributed by atoms with Gasteiger partial charge in [-0.2, -0.15) is 5.10 Å². The molecule has 0 saturated carbocycles. The van der Waals surface area contributed by atoms with Gasteiger partial charge in [0.05, 0.1) is 6.21 Å². The number of rotatable bonds is 4. The van der Waals surface area contributed by atoms with E-state index in [1.807, 2.05) is 30.5 Å². The Bertz CT molecular complexity index is 525. The Hall–Kier alpha value is -1.59. The molecule has 1 aromatic heterocycles. The van der Waals surface area contributed by atoms with Crippen molar-refractivity contribution in [1.29, 1.82) is 0 Å². The topological polar surface area (TPSA) is 50.2 Å². The van der Waals surface area contributed by atoms with Crippen molar-refractivity contribution in [3.05, 3.63) is 47.1 Å². The molecule has 6 heteroatoms. The van der Waals surface area contributed by atoms with Crippen molar-refractivity contribution in [2.75, 3.05) is 11.7 Å². The maximum Gasteiger partial charge on any atom is 0.168 e. The Morgan fingerprint density at radius 2 is 1.94 bits per heavy atom. The standard InChI is InChI=1S/C12H11ClN4S/c1-18-10-4-2-9(3-5-10)8-14-16-12-7-6-11(13)15-17-12/h2-8H,1H3,(H,16,17)/b14-8-. The van der Waals surface area contributed by atoms with Gasteiger partial charge in [-0.1, -0.05) is 23.7 Å². The van der Waals surface area contributed by atoms with E-state index in [2.05, 4.69) is 20.7 Å². The van der Waals surface area contributed by atoms with Crippen LogP contribution in [0.2, 0.25) is 5.15 Å². The normalized spacial score (nSPS) is 10.8. The smallest absolute Gasteiger partial charge is 0.168 e. The molecule has 0 atom stereocenters. The average molecular weight is 279 g/mol. The van der Waals surface area contributed by atoms with Crippen LogP contribution in [0.15, 0.2) is 46.4 Å². The minimum Gasteiger partial charge on any atom is -0.260 e. The van der Waals surface area contributed by atoms with Gasteiger partial charge in [-0.05, 0) is 36.1 Å². The van der Waals surface area contributed by atoms with E-state index in [1.165, 1.54) is 4.90 Å². The monoisotopic (exact) mass is 278 g/mol. The van der Waals surface area contributed by atoms with Gasteiger partial charge in [-0.3, -0.25) is 5.43 Å². The van der Waals surface area contributed by atoms with Gasteiger partial charge < -0.3 is 0 Å². The molecule has 1 N–H and O–H groups in total. The van der Waals surface area contributed by atoms with Crippen LogP contribution in [0, 0.1) is 0 Å². The first-order valence-corrected chi connectivity index (χ1v) is 6.80. The maximum atomic E-state index is 5.63. The van der Waals surface area contributed by atoms with Crippen molar-refractivity contribution in [1.82, 2.24) is 10.2 Å². The third-order valence-corrected chi connectivity index (χ3v) is 3.09. The number of nitrogens with one attached hydrogen (secondary N) is 1. The third kappa shape index (κ3) is 3.72. The Kier molecular flexibility index (Phi) is 4.55. The summed E-state index contributed by atoms with van der Waals surface area (Å²) in [5.74, 6) is 0.552. The Morgan fingerprint density at radius 1 is 1.17 bits per heavy atom. The minimum atomic E-state index is 0.359. The van der Waals surface area contributed by atoms with E-state index >= 15 is 0 Å². The number of aromatic nitrogens is 2. The summed E-state index contributed by atoms with van der Waals surface area (Å²) in [5.41, 5.74) is 3.80. The summed E-state index contributed by atoms with van der Waals surface area (Å²) in [6.45, 7) is 0. The number of halogens is 1. The highest BCUT2D eigenvalue weighted by atomic mass is 35.5. The highest BCUT2D eigenvalue weighted by molar-refractivity contribution is 7.98. The number of hydrogen-bond donors (Lipinski definition) is 1. The fraction of sp³-hybridized carbons (Fsp3) is 0.0833. The SMILES string of the molecule is CSc1ccc(/C=N\Nc2ccc(Cl)nn2)cc1. The molecule has 0 aliphatic heterocycles. The molecule has 1 heterocycles. The zero-order chi connectivity index (χ0) is 12.8. The number of anilines is 1. The predicted octanol–water partition coefficient (Wildman–Crippen LogP) is 3.30. The van der Waals surface area contributed by atoms with Crippen LogP contribution in [-0.2, 0) is 0 Å². The molecule has 0 amide bonds. The first-order chi connectivity index (χ1) is 8.78. The summed E-state index contributed by atoms with van der Waals surface area (Å²) in [6, 6.07) is 11.5. The summed E-state index contributed by atoms with van der Waals surface area (Å²) in [7, 11) is 0. The van der Waals surface area contributed by atoms with Crippen LogP contribution in [0.25, 0.3) is 0 Å². The lowest BCUT2D eigenvalue weighted by Crippen LogP contribution is -1.94. The van der Waals surface area contributed by atoms with Crippen molar-refractivity contribution in [3.63, 3.8) is 0 Å². The Morgan fingerprint density at radius 3 is 2.56 bits per heavy atom. The van der Waals surface area contributed by atoms with Crippen LogP contribution in [-0.4, -0.2) is 22.7 Å². The summed E-state index contributed by atoms with van der Waals surface area (Å²) in [4.78, 5) is 1.23. The lowest BCUT2D eigenvalue weighted by molar-refractivity contribution is 1.02. The maximum absolute atomic E-state index is 5.63. The van der Waals surface area contributed by atoms with Crippen LogP contribution in [0.1, 0.15) is 5.56 Å². The second-order valence-electron chi connectivity index (χ2n) is 3.38. The molecule has 0 radical (unpaired) electrons. The van der Waals surface area contributed by atoms with E-state index in [0.717, 1.165) is 5.56 Å². The number of hydrazone groups is 1. The Labute approximate surface area is 114 Å². The van der Waals surface area contributed by atoms with E-state index in [-0.39, 0.29) is 0 Å². The van der Waals surface area contributed by atoms with Crippen molar-refractivity contribution in [2.24, 2.45) is 5.10 Å². The van der Waals surface area contributed by atoms with Crippen LogP contribution in [0.5, 0.6) is 0 Å². The molecular formula is C12H11ClN4S. The lowest BCUT2D eigenvalue weighted by Gasteiger charge is -1.98. The zero-order valence-electron chi connectivity index (χ0n) is 9.67. The molecule has 0 aliphatic rings. The summed E-state index contributed by atoms with van der Waals surface area (Å²) < 4.78 is 0. The molecule has 0 aliphatic carbocycles. The van der Waals surface area contributed by atoms with E-state index in [9.17, 15) is 0 Å². The summed E-state index contributed by atoms with van der Waals surface area (Å²) >= 11 is 7.34. The minimum absolute atomic E-state index is 0.359. The molecule has 18 heavy (non-hydrogen) atoms. The largest absolute Gasteiger partial charge is 0.260 e. The summed E-state index contributed by atoms with van der Waals surface area (Å²) in [5, 5.41) is 12.0. The van der Waals surface area contributed by atoms with Gasteiger partial charge in [0.25, 0.3) is 0 Å². The molecule has 0 saturated heterocycles. The predicted molar refractivity (Wildman–Crippen MR) is 76.5 cm³/mol. The molecule has 92 valence electrons. The highest BCUT2D eigenvalue weighted by Crippen LogP contribution is 2.14. The first kappa shape index (κ1) is 12.9. The average Bonchev–Trinajstić information content (AvgIpc) is 2.42. The van der Waals surface area contributed by atoms with Crippen molar-refractivity contribution in [2.45, 2.75) is 4.90 Å². The Balaban J connectivity index is 1.96. The van der Waals surface area contributed by atoms with Crippen molar-refractivity contribution >= 4 is 35.4 Å². The molecule has 2 aromatic rings. The van der Waals surface area contributed by atoms with Crippen LogP contribution in [0.4, 0.5) is 5.82 Å². The molecule has 2 rings (SSSR count). The molecular weight excluding hydrogens is 268 g/mol. The van der Waals surface area contributed by atoms with Crippen LogP contribution < -0.4 is 5.43 Å². The van der Waals surface area contributed by atoms with Gasteiger partial charge in [-0.25, -0.2) is 0 Å². The quantitative estimate of drug-likeness (QED) is 0.530. The van der Waals surface area contributed by atoms with E-state index in [4.69, 9.17) is 11.6 Å². The highest BCUT2D eigenvalue weighted by Gasteiger charge is 1.93. The molecule has 0 bridgehead atoms. The van der Waals surface area contributed by atoms with Gasteiger partial charge in [-0.15, -0.1) is 22.0 Å². The summed E-state index contributed by atoms with van der Waals surface area (Å²) in [6.07, 6.45) is 3.77. The third-order valence-electron chi connectivity index (χ3n) is 2.14. The molecule has 1 aromatic carbocycles.